The molecule has 18 N–H and O–H groups in total. The minimum absolute atomic E-state index is 0.0811. The zero-order chi connectivity index (χ0) is 98.1. The number of likely N-dealkylation sites (N-methyl/N-ethyl adjacent to an activating group) is 3. The summed E-state index contributed by atoms with van der Waals surface area (Å²) >= 11 is 0.586. The standard InChI is InChI=1S/C91H113F4N17O21S/c1-7-8-20-69-90(132)112-45-56(114)40-71(112)86(128)104-64(41-76(119)120)82(124)107-78(48(2)3)91(133)109(5)70(37-49-16-10-9-11-17-49)85(127)101-61(30-31-75(117)118)88(130)111-32-15-14-21-68(111)84(126)103-63(39-53-43-98-60-19-13-12-18-57(53)60)81(123)102-62(35-50-24-28-55(113)29-25-50)80(122)105-66(42-96)83(125)106-67(79(121)99-44-73(97)115)46-134-47-74(116)100-65(36-52-33-58(93)77(95)59(94)34-52)87(129)110(6)72(89(131)108(69)4)38-51-22-26-54(92)27-23-51/h9-13,16-19,22-29,33-34,43,48,56,61-72,78,98,113-114H,7-8,14-15,20-21,30-32,35-42,44-47,96H2,1-6H3,(H2,97,115)(H,99,121)(H,100,116)(H,101,127)(H,102,123)(H,103,126)(H,104,128)(H,105,122)(H,106,125)(H,107,124)(H,117,118)(H,119,120)/t56-,61-,62-,63+,64-,65-,66-,67-,68+,69-,70-,71+,72-,78+/m0/s1. The monoisotopic (exact) mass is 1890 g/mol. The zero-order valence-corrected chi connectivity index (χ0v) is 75.4. The number of aliphatic hydroxyl groups is 1. The third-order valence-corrected chi connectivity index (χ3v) is 24.6. The molecule has 3 aliphatic rings. The number of hydrogen-bond donors (Lipinski definition) is 16. The molecule has 0 radical (unpaired) electrons. The summed E-state index contributed by atoms with van der Waals surface area (Å²) in [6, 6.07) is 3.12. The van der Waals surface area contributed by atoms with E-state index >= 15 is 51.9 Å². The van der Waals surface area contributed by atoms with Crippen molar-refractivity contribution in [2.75, 3.05) is 58.8 Å². The van der Waals surface area contributed by atoms with Crippen LogP contribution in [0, 0.1) is 29.2 Å². The number of para-hydroxylation sites is 1. The highest BCUT2D eigenvalue weighted by molar-refractivity contribution is 8.00. The number of H-pyrrole nitrogens is 1. The number of aromatic hydroxyl groups is 1. The topological polar surface area (TPSA) is 563 Å². The summed E-state index contributed by atoms with van der Waals surface area (Å²) in [6.07, 6.45) is -4.67. The predicted octanol–water partition coefficient (Wildman–Crippen LogP) is 0.138. The number of hydrogen-bond acceptors (Lipinski definition) is 21. The Morgan fingerprint density at radius 1 is 0.545 bits per heavy atom. The van der Waals surface area contributed by atoms with Crippen LogP contribution in [0.5, 0.6) is 5.75 Å². The zero-order valence-electron chi connectivity index (χ0n) is 74.6. The number of amides is 15. The molecule has 0 aliphatic carbocycles. The van der Waals surface area contributed by atoms with Crippen LogP contribution in [0.2, 0.25) is 0 Å². The largest absolute Gasteiger partial charge is 0.508 e. The van der Waals surface area contributed by atoms with Crippen LogP contribution in [0.1, 0.15) is 113 Å². The number of carboxylic acid groups (broad SMARTS) is 2. The molecule has 0 saturated carbocycles. The first-order chi connectivity index (χ1) is 63.6. The molecule has 0 spiro atoms. The molecule has 9 rings (SSSR count). The van der Waals surface area contributed by atoms with Gasteiger partial charge >= 0.3 is 11.9 Å². The van der Waals surface area contributed by atoms with E-state index in [4.69, 9.17) is 11.5 Å². The number of aromatic amines is 1. The second-order valence-electron chi connectivity index (χ2n) is 33.7. The normalized spacial score (nSPS) is 24.1. The van der Waals surface area contributed by atoms with Gasteiger partial charge in [-0.1, -0.05) is 106 Å². The van der Waals surface area contributed by atoms with E-state index in [0.29, 0.717) is 64.3 Å². The highest BCUT2D eigenvalue weighted by Gasteiger charge is 2.48. The molecule has 1 aromatic heterocycles. The minimum atomic E-state index is -2.08. The Balaban J connectivity index is 1.14. The van der Waals surface area contributed by atoms with E-state index in [1.54, 1.807) is 67.7 Å². The van der Waals surface area contributed by atoms with Crippen LogP contribution in [-0.4, -0.2) is 294 Å². The summed E-state index contributed by atoms with van der Waals surface area (Å²) in [6.45, 7) is 2.34. The van der Waals surface area contributed by atoms with E-state index in [1.807, 2.05) is 0 Å². The number of nitrogens with two attached hydrogens (primary N) is 2. The first kappa shape index (κ1) is 104. The van der Waals surface area contributed by atoms with Crippen LogP contribution in [0.4, 0.5) is 17.6 Å². The summed E-state index contributed by atoms with van der Waals surface area (Å²) in [5, 5.41) is 65.4. The number of carbonyl (C=O) groups excluding carboxylic acids is 15. The van der Waals surface area contributed by atoms with Gasteiger partial charge in [-0.25, -0.2) is 17.6 Å². The number of phenols is 1. The van der Waals surface area contributed by atoms with Gasteiger partial charge < -0.3 is 109 Å². The fourth-order valence-corrected chi connectivity index (χ4v) is 17.0. The van der Waals surface area contributed by atoms with Crippen LogP contribution in [0.25, 0.3) is 10.9 Å². The molecule has 134 heavy (non-hydrogen) atoms. The summed E-state index contributed by atoms with van der Waals surface area (Å²) in [7, 11) is 3.43. The van der Waals surface area contributed by atoms with E-state index in [0.717, 1.165) is 50.7 Å². The highest BCUT2D eigenvalue weighted by atomic mass is 32.2. The molecule has 38 nitrogen and oxygen atoms in total. The number of unbranched alkanes of at least 4 members (excludes halogenated alkanes) is 1. The maximum Gasteiger partial charge on any atom is 0.305 e. The van der Waals surface area contributed by atoms with Gasteiger partial charge in [-0.3, -0.25) is 81.5 Å². The Morgan fingerprint density at radius 2 is 1.10 bits per heavy atom. The second-order valence-corrected chi connectivity index (χ2v) is 34.7. The quantitative estimate of drug-likeness (QED) is 0.0300. The maximum atomic E-state index is 15.7. The Hall–Kier alpha value is -13.6. The summed E-state index contributed by atoms with van der Waals surface area (Å²) in [5.41, 5.74) is 13.1. The molecule has 15 amide bonds. The Kier molecular flexibility index (Phi) is 37.9. The number of carboxylic acids is 2. The number of benzene rings is 5. The first-order valence-electron chi connectivity index (χ1n) is 43.7. The van der Waals surface area contributed by atoms with Crippen LogP contribution in [0.3, 0.4) is 0 Å². The number of fused-ring (bicyclic) bond motifs is 3. The SMILES string of the molecule is CCCC[C@H]1C(=O)N2C[C@@H](O)C[C@@H]2C(=O)N[C@@H](CC(=O)O)C(=O)N[C@H](C(C)C)C(=O)N(C)[C@@H](Cc2ccccc2)C(=O)N[C@@H](CCC(=O)O)C(=O)N2CCCC[C@@H]2C(=O)N[C@H](Cc2c[nH]c3ccccc23)C(=O)N[C@@H](Cc2ccc(O)cc2)C(=O)N[C@@H](CN)C(=O)N[C@H](C(=O)NCC(N)=O)CSCC(=O)N[C@@H](Cc2cc(F)c(F)c(F)c2)C(=O)N(C)[C@@H](Cc2ccc(F)cc2)C(=O)N1C. The van der Waals surface area contributed by atoms with Crippen LogP contribution in [-0.2, 0) is 114 Å². The van der Waals surface area contributed by atoms with Gasteiger partial charge in [0.05, 0.1) is 24.8 Å². The van der Waals surface area contributed by atoms with Crippen molar-refractivity contribution in [1.82, 2.24) is 77.3 Å². The minimum Gasteiger partial charge on any atom is -0.508 e. The lowest BCUT2D eigenvalue weighted by molar-refractivity contribution is -0.152. The molecule has 5 aromatic carbocycles. The molecule has 3 aliphatic heterocycles. The van der Waals surface area contributed by atoms with E-state index in [1.165, 1.54) is 57.3 Å². The number of carbonyl (C=O) groups is 17. The number of halogens is 4. The van der Waals surface area contributed by atoms with Crippen LogP contribution >= 0.6 is 11.8 Å². The van der Waals surface area contributed by atoms with Gasteiger partial charge in [0.1, 0.15) is 90.1 Å². The molecule has 0 bridgehead atoms. The number of piperidine rings is 1. The van der Waals surface area contributed by atoms with Gasteiger partial charge in [-0.15, -0.1) is 11.8 Å². The number of phenolic OH excluding ortho intramolecular Hbond substituents is 1. The third-order valence-electron chi connectivity index (χ3n) is 23.5. The fourth-order valence-electron chi connectivity index (χ4n) is 16.2. The van der Waals surface area contributed by atoms with E-state index in [9.17, 15) is 67.6 Å². The van der Waals surface area contributed by atoms with Crippen molar-refractivity contribution in [2.24, 2.45) is 17.4 Å². The Bertz CT molecular complexity index is 5250. The summed E-state index contributed by atoms with van der Waals surface area (Å²) in [4.78, 5) is 257. The highest BCUT2D eigenvalue weighted by Crippen LogP contribution is 2.29. The molecule has 0 unspecified atom stereocenters. The summed E-state index contributed by atoms with van der Waals surface area (Å²) in [5.74, 6) is -28.1. The molecular weight excluding hydrogens is 1780 g/mol. The number of thioether (sulfide) groups is 1. The van der Waals surface area contributed by atoms with Crippen molar-refractivity contribution in [1.29, 1.82) is 0 Å². The van der Waals surface area contributed by atoms with Gasteiger partial charge in [0.15, 0.2) is 17.5 Å². The number of nitrogens with zero attached hydrogens (tertiary/aromatic N) is 5. The molecule has 6 aromatic rings. The van der Waals surface area contributed by atoms with Crippen molar-refractivity contribution < 1.29 is 119 Å². The average molecular weight is 1890 g/mol. The van der Waals surface area contributed by atoms with Crippen LogP contribution < -0.4 is 59.3 Å². The average Bonchev–Trinajstić information content (AvgIpc) is 1.69. The molecule has 14 atom stereocenters. The predicted molar refractivity (Wildman–Crippen MR) is 477 cm³/mol. The lowest BCUT2D eigenvalue weighted by Gasteiger charge is -2.38. The van der Waals surface area contributed by atoms with Crippen molar-refractivity contribution >= 4 is 123 Å². The van der Waals surface area contributed by atoms with E-state index < -0.39 is 296 Å². The van der Waals surface area contributed by atoms with E-state index in [-0.39, 0.29) is 56.4 Å². The van der Waals surface area contributed by atoms with Gasteiger partial charge in [0, 0.05) is 109 Å². The molecule has 43 heteroatoms. The van der Waals surface area contributed by atoms with Gasteiger partial charge in [-0.05, 0) is 108 Å². The number of aliphatic hydroxyl groups excluding tert-OH is 1. The molecular formula is C91H113F4N17O21S. The molecule has 722 valence electrons. The number of aromatic nitrogens is 1. The lowest BCUT2D eigenvalue weighted by atomic mass is 9.97. The van der Waals surface area contributed by atoms with Gasteiger partial charge in [0.2, 0.25) is 88.6 Å². The van der Waals surface area contributed by atoms with Crippen LogP contribution in [0.15, 0.2) is 121 Å². The number of nitrogens with one attached hydrogen (secondary N) is 10. The maximum absolute atomic E-state index is 15.7. The first-order valence-corrected chi connectivity index (χ1v) is 44.8. The smallest absolute Gasteiger partial charge is 0.305 e. The van der Waals surface area contributed by atoms with Gasteiger partial charge in [-0.2, -0.15) is 0 Å². The number of rotatable bonds is 23. The second kappa shape index (κ2) is 48.7. The van der Waals surface area contributed by atoms with Crippen molar-refractivity contribution in [2.45, 2.75) is 202 Å². The number of primary amides is 1. The molecule has 3 fully saturated rings. The fraction of sp³-hybridized carbons (Fsp3) is 0.462. The van der Waals surface area contributed by atoms with Crippen molar-refractivity contribution in [3.63, 3.8) is 0 Å². The molecule has 4 heterocycles. The lowest BCUT2D eigenvalue weighted by Crippen LogP contribution is -2.63. The van der Waals surface area contributed by atoms with Crippen molar-refractivity contribution in [3.8, 4) is 5.75 Å². The summed E-state index contributed by atoms with van der Waals surface area (Å²) < 4.78 is 59.7. The number of aliphatic carboxylic acids is 2. The molecule has 3 saturated heterocycles. The Morgan fingerprint density at radius 3 is 1.75 bits per heavy atom. The Labute approximate surface area is 772 Å². The van der Waals surface area contributed by atoms with E-state index in [2.05, 4.69) is 52.8 Å². The van der Waals surface area contributed by atoms with Crippen molar-refractivity contribution in [3.05, 3.63) is 173 Å². The van der Waals surface area contributed by atoms with Gasteiger partial charge in [0.25, 0.3) is 0 Å². The third kappa shape index (κ3) is 28.5.